The normalized spacial score (nSPS) is 48.3. The van der Waals surface area contributed by atoms with Crippen LogP contribution in [0.2, 0.25) is 0 Å². The minimum absolute atomic E-state index is 0.00741. The molecule has 1 aromatic heterocycles. The first-order chi connectivity index (χ1) is 12.8. The molecule has 2 spiro atoms. The van der Waals surface area contributed by atoms with Gasteiger partial charge in [0.15, 0.2) is 5.60 Å². The number of hydrogen-bond donors (Lipinski definition) is 2. The molecule has 7 heteroatoms. The van der Waals surface area contributed by atoms with Gasteiger partial charge < -0.3 is 24.1 Å². The zero-order chi connectivity index (χ0) is 19.0. The van der Waals surface area contributed by atoms with Crippen molar-refractivity contribution in [3.63, 3.8) is 0 Å². The summed E-state index contributed by atoms with van der Waals surface area (Å²) in [7, 11) is 0. The lowest BCUT2D eigenvalue weighted by Crippen LogP contribution is -2.66. The third-order valence-corrected chi connectivity index (χ3v) is 7.58. The molecule has 144 valence electrons. The Kier molecular flexibility index (Phi) is 3.30. The number of aliphatic hydroxyl groups is 2. The number of fused-ring (bicyclic) bond motifs is 1. The van der Waals surface area contributed by atoms with E-state index in [9.17, 15) is 19.8 Å². The maximum atomic E-state index is 13.2. The fraction of sp³-hybridized carbons (Fsp3) is 0.600. The molecule has 0 amide bonds. The van der Waals surface area contributed by atoms with E-state index in [1.54, 1.807) is 18.4 Å². The molecular formula is C20H22O7. The molecule has 0 radical (unpaired) electrons. The Hall–Kier alpha value is -2.12. The molecule has 3 fully saturated rings. The Morgan fingerprint density at radius 3 is 2.78 bits per heavy atom. The van der Waals surface area contributed by atoms with E-state index in [0.29, 0.717) is 12.8 Å². The smallest absolute Gasteiger partial charge is 0.342 e. The SMILES string of the molecule is C[C@H]1[C@H](O)C[C@@]23COC(=O)[C@]2(O)C=CC[C@@H]3[C@]12C[C@@H](c1ccoc1)OC2=O. The number of ether oxygens (including phenoxy) is 2. The summed E-state index contributed by atoms with van der Waals surface area (Å²) in [6, 6.07) is 1.76. The highest BCUT2D eigenvalue weighted by Crippen LogP contribution is 2.68. The number of carbonyl (C=O) groups is 2. The van der Waals surface area contributed by atoms with Gasteiger partial charge in [-0.15, -0.1) is 0 Å². The first-order valence-electron chi connectivity index (χ1n) is 9.34. The second-order valence-corrected chi connectivity index (χ2v) is 8.44. The fourth-order valence-corrected chi connectivity index (χ4v) is 6.06. The van der Waals surface area contributed by atoms with Gasteiger partial charge in [0.1, 0.15) is 12.7 Å². The van der Waals surface area contributed by atoms with Crippen molar-refractivity contribution in [3.05, 3.63) is 36.3 Å². The standard InChI is InChI=1S/C20H22O7/c1-11-13(21)7-18-10-26-17(23)20(18,24)5-2-3-15(18)19(11)8-14(27-16(19)22)12-4-6-25-9-12/h2,4-6,9,11,13-15,21,24H,3,7-8,10H2,1H3/t11-,13+,14-,15-,18-,19-,20+/m0/s1. The van der Waals surface area contributed by atoms with E-state index < -0.39 is 34.6 Å². The van der Waals surface area contributed by atoms with Crippen molar-refractivity contribution in [2.24, 2.45) is 22.7 Å². The van der Waals surface area contributed by atoms with Crippen LogP contribution in [0.25, 0.3) is 0 Å². The van der Waals surface area contributed by atoms with E-state index in [4.69, 9.17) is 13.9 Å². The first-order valence-corrected chi connectivity index (χ1v) is 9.34. The van der Waals surface area contributed by atoms with Gasteiger partial charge in [0.25, 0.3) is 0 Å². The Morgan fingerprint density at radius 1 is 1.22 bits per heavy atom. The third kappa shape index (κ3) is 1.84. The van der Waals surface area contributed by atoms with Crippen LogP contribution < -0.4 is 0 Å². The summed E-state index contributed by atoms with van der Waals surface area (Å²) in [5, 5.41) is 22.1. The lowest BCUT2D eigenvalue weighted by Gasteiger charge is -2.58. The van der Waals surface area contributed by atoms with Crippen molar-refractivity contribution in [1.29, 1.82) is 0 Å². The Labute approximate surface area is 155 Å². The number of carbonyl (C=O) groups excluding carboxylic acids is 2. The third-order valence-electron chi connectivity index (χ3n) is 7.58. The zero-order valence-electron chi connectivity index (χ0n) is 15.0. The highest BCUT2D eigenvalue weighted by atomic mass is 16.6. The van der Waals surface area contributed by atoms with Gasteiger partial charge in [0.05, 0.1) is 29.5 Å². The Bertz CT molecular complexity index is 829. The molecule has 2 saturated heterocycles. The van der Waals surface area contributed by atoms with E-state index in [-0.39, 0.29) is 30.8 Å². The molecule has 3 heterocycles. The number of cyclic esters (lactones) is 2. The molecule has 0 bridgehead atoms. The Balaban J connectivity index is 1.65. The topological polar surface area (TPSA) is 106 Å². The number of furan rings is 1. The molecule has 2 N–H and O–H groups in total. The van der Waals surface area contributed by atoms with E-state index >= 15 is 0 Å². The lowest BCUT2D eigenvalue weighted by atomic mass is 9.44. The molecule has 0 unspecified atom stereocenters. The average Bonchev–Trinajstić information content (AvgIpc) is 3.33. The lowest BCUT2D eigenvalue weighted by molar-refractivity contribution is -0.196. The van der Waals surface area contributed by atoms with Crippen LogP contribution in [0.4, 0.5) is 0 Å². The van der Waals surface area contributed by atoms with Gasteiger partial charge in [-0.05, 0) is 36.8 Å². The van der Waals surface area contributed by atoms with Crippen molar-refractivity contribution in [1.82, 2.24) is 0 Å². The van der Waals surface area contributed by atoms with E-state index in [0.717, 1.165) is 5.56 Å². The van der Waals surface area contributed by atoms with Crippen molar-refractivity contribution >= 4 is 11.9 Å². The van der Waals surface area contributed by atoms with Crippen molar-refractivity contribution < 1.29 is 33.7 Å². The van der Waals surface area contributed by atoms with Gasteiger partial charge in [-0.25, -0.2) is 4.79 Å². The van der Waals surface area contributed by atoms with Crippen LogP contribution in [0.1, 0.15) is 37.9 Å². The van der Waals surface area contributed by atoms with Crippen LogP contribution in [0.3, 0.4) is 0 Å². The number of hydrogen-bond acceptors (Lipinski definition) is 7. The highest BCUT2D eigenvalue weighted by molar-refractivity contribution is 5.87. The highest BCUT2D eigenvalue weighted by Gasteiger charge is 2.75. The van der Waals surface area contributed by atoms with Crippen molar-refractivity contribution in [2.45, 2.75) is 44.0 Å². The maximum absolute atomic E-state index is 13.2. The molecule has 4 aliphatic rings. The second kappa shape index (κ2) is 5.23. The first kappa shape index (κ1) is 17.0. The summed E-state index contributed by atoms with van der Waals surface area (Å²) < 4.78 is 16.1. The minimum Gasteiger partial charge on any atom is -0.472 e. The molecule has 0 aromatic carbocycles. The summed E-state index contributed by atoms with van der Waals surface area (Å²) in [6.07, 6.45) is 6.07. The van der Waals surface area contributed by atoms with Crippen molar-refractivity contribution in [2.75, 3.05) is 6.61 Å². The number of aliphatic hydroxyl groups excluding tert-OH is 1. The zero-order valence-corrected chi connectivity index (χ0v) is 15.0. The molecular weight excluding hydrogens is 352 g/mol. The largest absolute Gasteiger partial charge is 0.472 e. The Morgan fingerprint density at radius 2 is 2.04 bits per heavy atom. The molecule has 7 atom stereocenters. The predicted octanol–water partition coefficient (Wildman–Crippen LogP) is 1.51. The number of allylic oxidation sites excluding steroid dienone is 1. The summed E-state index contributed by atoms with van der Waals surface area (Å²) in [5.41, 5.74) is -3.10. The van der Waals surface area contributed by atoms with Crippen LogP contribution >= 0.6 is 0 Å². The maximum Gasteiger partial charge on any atom is 0.342 e. The quantitative estimate of drug-likeness (QED) is 0.567. The molecule has 5 rings (SSSR count). The van der Waals surface area contributed by atoms with Gasteiger partial charge >= 0.3 is 11.9 Å². The molecule has 1 aromatic rings. The summed E-state index contributed by atoms with van der Waals surface area (Å²) >= 11 is 0. The monoisotopic (exact) mass is 374 g/mol. The van der Waals surface area contributed by atoms with Crippen LogP contribution in [0, 0.1) is 22.7 Å². The van der Waals surface area contributed by atoms with Crippen LogP contribution in [0.15, 0.2) is 35.2 Å². The predicted molar refractivity (Wildman–Crippen MR) is 90.0 cm³/mol. The van der Waals surface area contributed by atoms with Gasteiger partial charge in [-0.1, -0.05) is 13.0 Å². The van der Waals surface area contributed by atoms with Crippen LogP contribution in [-0.4, -0.2) is 40.5 Å². The average molecular weight is 374 g/mol. The van der Waals surface area contributed by atoms with Crippen LogP contribution in [-0.2, 0) is 19.1 Å². The molecule has 2 aliphatic heterocycles. The fourth-order valence-electron chi connectivity index (χ4n) is 6.06. The minimum atomic E-state index is -1.82. The van der Waals surface area contributed by atoms with E-state index in [1.165, 1.54) is 12.3 Å². The van der Waals surface area contributed by atoms with E-state index in [1.807, 2.05) is 6.92 Å². The van der Waals surface area contributed by atoms with Crippen LogP contribution in [0.5, 0.6) is 0 Å². The molecule has 2 aliphatic carbocycles. The van der Waals surface area contributed by atoms with Gasteiger partial charge in [-0.2, -0.15) is 0 Å². The van der Waals surface area contributed by atoms with Gasteiger partial charge in [-0.3, -0.25) is 4.79 Å². The summed E-state index contributed by atoms with van der Waals surface area (Å²) in [4.78, 5) is 25.6. The van der Waals surface area contributed by atoms with Gasteiger partial charge in [0, 0.05) is 12.0 Å². The van der Waals surface area contributed by atoms with Gasteiger partial charge in [0.2, 0.25) is 0 Å². The molecule has 27 heavy (non-hydrogen) atoms. The van der Waals surface area contributed by atoms with E-state index in [2.05, 4.69) is 0 Å². The summed E-state index contributed by atoms with van der Waals surface area (Å²) in [6.45, 7) is 1.85. The summed E-state index contributed by atoms with van der Waals surface area (Å²) in [5.74, 6) is -1.84. The number of esters is 2. The number of rotatable bonds is 1. The molecule has 7 nitrogen and oxygen atoms in total. The second-order valence-electron chi connectivity index (χ2n) is 8.44. The van der Waals surface area contributed by atoms with Crippen molar-refractivity contribution in [3.8, 4) is 0 Å². The molecule has 1 saturated carbocycles.